The van der Waals surface area contributed by atoms with Gasteiger partial charge >= 0.3 is 6.09 Å². The van der Waals surface area contributed by atoms with Gasteiger partial charge in [0, 0.05) is 22.5 Å². The number of H-pyrrole nitrogens is 1. The van der Waals surface area contributed by atoms with Crippen molar-refractivity contribution < 1.29 is 14.3 Å². The van der Waals surface area contributed by atoms with Crippen molar-refractivity contribution in [1.82, 2.24) is 14.8 Å². The van der Waals surface area contributed by atoms with Gasteiger partial charge in [-0.2, -0.15) is 9.78 Å². The first-order chi connectivity index (χ1) is 17.0. The molecule has 9 nitrogen and oxygen atoms in total. The number of ether oxygens (including phenoxy) is 1. The monoisotopic (exact) mass is 507 g/mol. The van der Waals surface area contributed by atoms with Crippen molar-refractivity contribution in [3.63, 3.8) is 0 Å². The van der Waals surface area contributed by atoms with E-state index in [9.17, 15) is 14.4 Å². The lowest BCUT2D eigenvalue weighted by atomic mass is 9.98. The number of aryl methyl sites for hydroxylation is 1. The SMILES string of the molecule is Cc1[nH]cc2c(=O)n(-c3ccc(Cl)cc3)nc-2c1-c1ccc(N(C(=O)CN)C(=O)OC(C)(C)C)cc1. The number of pyridine rings is 1. The van der Waals surface area contributed by atoms with Gasteiger partial charge in [-0.15, -0.1) is 0 Å². The Morgan fingerprint density at radius 2 is 1.75 bits per heavy atom. The highest BCUT2D eigenvalue weighted by atomic mass is 35.5. The van der Waals surface area contributed by atoms with Crippen LogP contribution in [0.2, 0.25) is 5.02 Å². The van der Waals surface area contributed by atoms with Gasteiger partial charge in [0.05, 0.1) is 23.5 Å². The Morgan fingerprint density at radius 1 is 1.11 bits per heavy atom. The number of aromatic amines is 1. The van der Waals surface area contributed by atoms with Gasteiger partial charge in [0.15, 0.2) is 0 Å². The van der Waals surface area contributed by atoms with Crippen LogP contribution < -0.4 is 16.2 Å². The molecule has 0 atom stereocenters. The first-order valence-electron chi connectivity index (χ1n) is 11.2. The number of carbonyl (C=O) groups excluding carboxylic acids is 2. The van der Waals surface area contributed by atoms with E-state index in [-0.39, 0.29) is 12.1 Å². The minimum Gasteiger partial charge on any atom is -0.443 e. The molecule has 36 heavy (non-hydrogen) atoms. The van der Waals surface area contributed by atoms with Crippen LogP contribution in [0.1, 0.15) is 26.5 Å². The van der Waals surface area contributed by atoms with Crippen LogP contribution in [0.3, 0.4) is 0 Å². The van der Waals surface area contributed by atoms with Crippen LogP contribution >= 0.6 is 11.6 Å². The highest BCUT2D eigenvalue weighted by molar-refractivity contribution is 6.30. The second-order valence-electron chi connectivity index (χ2n) is 9.20. The third-order valence-corrected chi connectivity index (χ3v) is 5.66. The molecule has 2 amide bonds. The van der Waals surface area contributed by atoms with Gasteiger partial charge in [0.1, 0.15) is 11.3 Å². The molecule has 0 saturated heterocycles. The highest BCUT2D eigenvalue weighted by Crippen LogP contribution is 2.34. The number of fused-ring (bicyclic) bond motifs is 1. The number of nitrogens with one attached hydrogen (secondary N) is 1. The summed E-state index contributed by atoms with van der Waals surface area (Å²) < 4.78 is 6.71. The Kier molecular flexibility index (Phi) is 6.71. The number of hydrogen-bond acceptors (Lipinski definition) is 6. The van der Waals surface area contributed by atoms with Gasteiger partial charge in [-0.3, -0.25) is 9.59 Å². The Morgan fingerprint density at radius 3 is 2.33 bits per heavy atom. The largest absolute Gasteiger partial charge is 0.443 e. The van der Waals surface area contributed by atoms with Crippen LogP contribution in [0.5, 0.6) is 0 Å². The molecule has 4 rings (SSSR count). The Bertz CT molecular complexity index is 1450. The number of halogens is 1. The number of nitrogens with zero attached hydrogens (tertiary/aromatic N) is 3. The first-order valence-corrected chi connectivity index (χ1v) is 11.6. The van der Waals surface area contributed by atoms with E-state index in [1.54, 1.807) is 75.5 Å². The van der Waals surface area contributed by atoms with Crippen LogP contribution in [0.15, 0.2) is 59.5 Å². The molecule has 2 aromatic rings. The van der Waals surface area contributed by atoms with Crippen LogP contribution in [-0.4, -0.2) is 38.9 Å². The van der Waals surface area contributed by atoms with E-state index in [0.29, 0.717) is 27.7 Å². The summed E-state index contributed by atoms with van der Waals surface area (Å²) in [5, 5.41) is 5.16. The normalized spacial score (nSPS) is 11.5. The van der Waals surface area contributed by atoms with Gasteiger partial charge in [-0.25, -0.2) is 9.69 Å². The lowest BCUT2D eigenvalue weighted by molar-refractivity contribution is -0.117. The molecule has 0 aliphatic carbocycles. The van der Waals surface area contributed by atoms with Crippen molar-refractivity contribution in [2.75, 3.05) is 11.4 Å². The lowest BCUT2D eigenvalue weighted by Gasteiger charge is -2.26. The molecule has 0 saturated carbocycles. The fourth-order valence-electron chi connectivity index (χ4n) is 3.80. The fraction of sp³-hybridized carbons (Fsp3) is 0.231. The van der Waals surface area contributed by atoms with Crippen LogP contribution in [-0.2, 0) is 9.53 Å². The lowest BCUT2D eigenvalue weighted by Crippen LogP contribution is -2.43. The number of carbonyl (C=O) groups is 2. The molecule has 2 aliphatic rings. The molecule has 2 heterocycles. The molecular weight excluding hydrogens is 482 g/mol. The molecule has 0 unspecified atom stereocenters. The van der Waals surface area contributed by atoms with Crippen molar-refractivity contribution in [3.8, 4) is 28.1 Å². The van der Waals surface area contributed by atoms with E-state index in [1.807, 2.05) is 6.92 Å². The van der Waals surface area contributed by atoms with Crippen molar-refractivity contribution in [2.45, 2.75) is 33.3 Å². The van der Waals surface area contributed by atoms with Gasteiger partial charge in [0.2, 0.25) is 5.91 Å². The van der Waals surface area contributed by atoms with Crippen molar-refractivity contribution in [3.05, 3.63) is 75.8 Å². The average molecular weight is 508 g/mol. The zero-order chi connectivity index (χ0) is 26.2. The Balaban J connectivity index is 1.77. The van der Waals surface area contributed by atoms with Crippen LogP contribution in [0.4, 0.5) is 10.5 Å². The highest BCUT2D eigenvalue weighted by Gasteiger charge is 2.28. The number of aromatic nitrogens is 3. The summed E-state index contributed by atoms with van der Waals surface area (Å²) in [6.07, 6.45) is 0.823. The number of benzene rings is 2. The minimum absolute atomic E-state index is 0.272. The number of rotatable bonds is 4. The number of imide groups is 1. The average Bonchev–Trinajstić information content (AvgIpc) is 3.15. The molecule has 10 heteroatoms. The fourth-order valence-corrected chi connectivity index (χ4v) is 3.92. The van der Waals surface area contributed by atoms with Crippen molar-refractivity contribution in [1.29, 1.82) is 0 Å². The third kappa shape index (κ3) is 4.89. The van der Waals surface area contributed by atoms with E-state index in [0.717, 1.165) is 21.7 Å². The van der Waals surface area contributed by atoms with Gasteiger partial charge in [0.25, 0.3) is 5.56 Å². The molecule has 0 spiro atoms. The second kappa shape index (κ2) is 9.60. The quantitative estimate of drug-likeness (QED) is 0.418. The molecular formula is C26H26ClN5O4. The summed E-state index contributed by atoms with van der Waals surface area (Å²) in [6.45, 7) is 6.66. The van der Waals surface area contributed by atoms with Gasteiger partial charge < -0.3 is 15.5 Å². The van der Waals surface area contributed by atoms with E-state index in [4.69, 9.17) is 22.1 Å². The van der Waals surface area contributed by atoms with Crippen LogP contribution in [0.25, 0.3) is 28.1 Å². The van der Waals surface area contributed by atoms with Gasteiger partial charge in [-0.05, 0) is 69.7 Å². The van der Waals surface area contributed by atoms with Gasteiger partial charge in [-0.1, -0.05) is 23.7 Å². The number of anilines is 1. The summed E-state index contributed by atoms with van der Waals surface area (Å²) in [6, 6.07) is 13.6. The maximum absolute atomic E-state index is 13.1. The Labute approximate surface area is 212 Å². The molecule has 0 radical (unpaired) electrons. The summed E-state index contributed by atoms with van der Waals surface area (Å²) in [5.41, 5.74) is 8.57. The predicted octanol–water partition coefficient (Wildman–Crippen LogP) is 4.52. The molecule has 2 aliphatic heterocycles. The van der Waals surface area contributed by atoms with E-state index >= 15 is 0 Å². The molecule has 186 valence electrons. The minimum atomic E-state index is -0.810. The maximum atomic E-state index is 13.1. The third-order valence-electron chi connectivity index (χ3n) is 5.41. The summed E-state index contributed by atoms with van der Waals surface area (Å²) in [7, 11) is 0. The standard InChI is InChI=1S/C26H26ClN5O4/c1-15-22(23-20(14-29-15)24(34)32(30-23)19-11-7-17(27)8-12-19)16-5-9-18(10-6-16)31(21(33)13-28)25(35)36-26(2,3)4/h5-12,14,29H,13,28H2,1-4H3. The van der Waals surface area contributed by atoms with Crippen molar-refractivity contribution in [2.24, 2.45) is 5.73 Å². The number of hydrogen-bond donors (Lipinski definition) is 2. The molecule has 3 N–H and O–H groups in total. The van der Waals surface area contributed by atoms with Crippen LogP contribution in [0, 0.1) is 6.92 Å². The van der Waals surface area contributed by atoms with E-state index < -0.39 is 17.6 Å². The van der Waals surface area contributed by atoms with E-state index in [1.165, 1.54) is 4.68 Å². The Hall–Kier alpha value is -3.95. The molecule has 0 fully saturated rings. The number of nitrogens with two attached hydrogens (primary N) is 1. The van der Waals surface area contributed by atoms with E-state index in [2.05, 4.69) is 10.1 Å². The summed E-state index contributed by atoms with van der Waals surface area (Å²) in [4.78, 5) is 42.3. The maximum Gasteiger partial charge on any atom is 0.421 e. The molecule has 0 bridgehead atoms. The van der Waals surface area contributed by atoms with Crippen molar-refractivity contribution >= 4 is 29.3 Å². The smallest absolute Gasteiger partial charge is 0.421 e. The molecule has 0 aromatic heterocycles. The predicted molar refractivity (Wildman–Crippen MR) is 139 cm³/mol. The topological polar surface area (TPSA) is 123 Å². The zero-order valence-corrected chi connectivity index (χ0v) is 21.1. The summed E-state index contributed by atoms with van der Waals surface area (Å²) >= 11 is 5.99. The summed E-state index contributed by atoms with van der Waals surface area (Å²) in [5.74, 6) is -0.596. The number of amides is 2. The molecule has 2 aromatic carbocycles. The first kappa shape index (κ1) is 25.2. The second-order valence-corrected chi connectivity index (χ2v) is 9.64. The zero-order valence-electron chi connectivity index (χ0n) is 20.3.